The van der Waals surface area contributed by atoms with Gasteiger partial charge < -0.3 is 10.1 Å². The average molecular weight is 322 g/mol. The molecule has 1 aliphatic rings. The van der Waals surface area contributed by atoms with Crippen molar-refractivity contribution in [3.63, 3.8) is 0 Å². The van der Waals surface area contributed by atoms with Crippen molar-refractivity contribution in [2.24, 2.45) is 0 Å². The minimum Gasteiger partial charge on any atom is -0.495 e. The minimum absolute atomic E-state index is 0.0547. The quantitative estimate of drug-likeness (QED) is 0.939. The molecule has 0 spiro atoms. The van der Waals surface area contributed by atoms with E-state index in [4.69, 9.17) is 4.74 Å². The summed E-state index contributed by atoms with van der Waals surface area (Å²) in [6.45, 7) is 2.70. The zero-order chi connectivity index (χ0) is 14.8. The molecule has 112 valence electrons. The van der Waals surface area contributed by atoms with Gasteiger partial charge >= 0.3 is 0 Å². The monoisotopic (exact) mass is 322 g/mol. The lowest BCUT2D eigenvalue weighted by Crippen LogP contribution is -2.29. The van der Waals surface area contributed by atoms with E-state index in [1.54, 1.807) is 18.4 Å². The van der Waals surface area contributed by atoms with Crippen LogP contribution in [0, 0.1) is 6.92 Å². The second-order valence-corrected chi connectivity index (χ2v) is 7.36. The van der Waals surface area contributed by atoms with E-state index in [-0.39, 0.29) is 5.91 Å². The molecule has 0 saturated carbocycles. The third-order valence-corrected chi connectivity index (χ3v) is 5.68. The number of rotatable bonds is 4. The first-order chi connectivity index (χ1) is 10.2. The van der Waals surface area contributed by atoms with Gasteiger partial charge in [-0.2, -0.15) is 0 Å². The number of hydrogen-bond acceptors (Lipinski definition) is 5. The number of carbonyl (C=O) groups is 1. The average Bonchev–Trinajstić information content (AvgIpc) is 3.09. The lowest BCUT2D eigenvalue weighted by atomic mass is 9.91. The number of thiophene rings is 1. The van der Waals surface area contributed by atoms with Crippen LogP contribution in [0.3, 0.4) is 0 Å². The van der Waals surface area contributed by atoms with Crippen LogP contribution in [0.2, 0.25) is 0 Å². The van der Waals surface area contributed by atoms with Crippen LogP contribution in [0.4, 0.5) is 0 Å². The fourth-order valence-corrected chi connectivity index (χ4v) is 4.59. The zero-order valence-corrected chi connectivity index (χ0v) is 13.8. The van der Waals surface area contributed by atoms with Gasteiger partial charge in [0, 0.05) is 17.3 Å². The molecule has 4 nitrogen and oxygen atoms in total. The second-order valence-electron chi connectivity index (χ2n) is 5.16. The summed E-state index contributed by atoms with van der Waals surface area (Å²) in [6.07, 6.45) is 3.40. The Morgan fingerprint density at radius 1 is 1.57 bits per heavy atom. The van der Waals surface area contributed by atoms with Gasteiger partial charge in [0.1, 0.15) is 10.6 Å². The molecular weight excluding hydrogens is 304 g/mol. The van der Waals surface area contributed by atoms with Crippen LogP contribution in [0.5, 0.6) is 5.75 Å². The van der Waals surface area contributed by atoms with Crippen LogP contribution in [-0.4, -0.2) is 24.5 Å². The maximum Gasteiger partial charge on any atom is 0.265 e. The van der Waals surface area contributed by atoms with Gasteiger partial charge in [-0.3, -0.25) is 4.79 Å². The van der Waals surface area contributed by atoms with Gasteiger partial charge in [0.25, 0.3) is 5.91 Å². The molecule has 0 radical (unpaired) electrons. The van der Waals surface area contributed by atoms with Crippen molar-refractivity contribution in [1.29, 1.82) is 0 Å². The van der Waals surface area contributed by atoms with Gasteiger partial charge in [-0.05, 0) is 37.6 Å². The second kappa shape index (κ2) is 6.15. The lowest BCUT2D eigenvalue weighted by molar-refractivity contribution is 0.0951. The molecule has 0 saturated heterocycles. The normalized spacial score (nSPS) is 17.3. The number of methoxy groups -OCH3 is 1. The number of fused-ring (bicyclic) bond motifs is 1. The summed E-state index contributed by atoms with van der Waals surface area (Å²) in [7, 11) is 1.59. The molecule has 1 amide bonds. The number of carbonyl (C=O) groups excluding carboxylic acids is 1. The fourth-order valence-electron chi connectivity index (χ4n) is 2.75. The largest absolute Gasteiger partial charge is 0.495 e. The first-order valence-corrected chi connectivity index (χ1v) is 8.74. The highest BCUT2D eigenvalue weighted by Gasteiger charge is 2.25. The van der Waals surface area contributed by atoms with Gasteiger partial charge in [0.15, 0.2) is 0 Å². The fraction of sp³-hybridized carbons (Fsp3) is 0.467. The van der Waals surface area contributed by atoms with Gasteiger partial charge in [-0.1, -0.05) is 0 Å². The molecule has 1 atom stereocenters. The van der Waals surface area contributed by atoms with Gasteiger partial charge in [0.2, 0.25) is 0 Å². The Balaban J connectivity index is 1.67. The molecule has 21 heavy (non-hydrogen) atoms. The number of ether oxygens (including phenoxy) is 1. The van der Waals surface area contributed by atoms with Crippen molar-refractivity contribution >= 4 is 28.6 Å². The molecule has 3 rings (SSSR count). The SMILES string of the molecule is COc1ccsc1C(=O)NC[C@H]1CCCc2sc(C)nc21. The van der Waals surface area contributed by atoms with E-state index in [1.165, 1.54) is 28.3 Å². The van der Waals surface area contributed by atoms with E-state index >= 15 is 0 Å². The maximum absolute atomic E-state index is 12.2. The summed E-state index contributed by atoms with van der Waals surface area (Å²) in [4.78, 5) is 18.9. The smallest absolute Gasteiger partial charge is 0.265 e. The number of aryl methyl sites for hydroxylation is 2. The van der Waals surface area contributed by atoms with Crippen LogP contribution in [0.25, 0.3) is 0 Å². The van der Waals surface area contributed by atoms with Gasteiger partial charge in [-0.25, -0.2) is 4.98 Å². The van der Waals surface area contributed by atoms with Crippen molar-refractivity contribution in [3.05, 3.63) is 31.9 Å². The topological polar surface area (TPSA) is 51.2 Å². The van der Waals surface area contributed by atoms with Crippen LogP contribution >= 0.6 is 22.7 Å². The van der Waals surface area contributed by atoms with E-state index < -0.39 is 0 Å². The number of nitrogens with zero attached hydrogens (tertiary/aromatic N) is 1. The highest BCUT2D eigenvalue weighted by Crippen LogP contribution is 2.34. The number of amides is 1. The summed E-state index contributed by atoms with van der Waals surface area (Å²) in [5.41, 5.74) is 1.20. The molecular formula is C15H18N2O2S2. The van der Waals surface area contributed by atoms with Crippen LogP contribution in [-0.2, 0) is 6.42 Å². The maximum atomic E-state index is 12.2. The Kier molecular flexibility index (Phi) is 4.26. The van der Waals surface area contributed by atoms with Crippen molar-refractivity contribution in [1.82, 2.24) is 10.3 Å². The summed E-state index contributed by atoms with van der Waals surface area (Å²) >= 11 is 3.20. The van der Waals surface area contributed by atoms with E-state index in [1.807, 2.05) is 11.4 Å². The molecule has 0 fully saturated rings. The third-order valence-electron chi connectivity index (χ3n) is 3.74. The highest BCUT2D eigenvalue weighted by molar-refractivity contribution is 7.12. The number of hydrogen-bond donors (Lipinski definition) is 1. The molecule has 0 aliphatic heterocycles. The van der Waals surface area contributed by atoms with Crippen molar-refractivity contribution in [2.45, 2.75) is 32.1 Å². The number of thiazole rings is 1. The van der Waals surface area contributed by atoms with Crippen molar-refractivity contribution in [3.8, 4) is 5.75 Å². The first kappa shape index (κ1) is 14.5. The first-order valence-electron chi connectivity index (χ1n) is 7.05. The minimum atomic E-state index is -0.0547. The van der Waals surface area contributed by atoms with Crippen LogP contribution in [0.1, 0.15) is 44.0 Å². The Morgan fingerprint density at radius 2 is 2.43 bits per heavy atom. The molecule has 2 aromatic rings. The van der Waals surface area contributed by atoms with Crippen molar-refractivity contribution in [2.75, 3.05) is 13.7 Å². The van der Waals surface area contributed by atoms with E-state index in [9.17, 15) is 4.79 Å². The number of nitrogens with one attached hydrogen (secondary N) is 1. The zero-order valence-electron chi connectivity index (χ0n) is 12.1. The molecule has 1 aliphatic carbocycles. The summed E-state index contributed by atoms with van der Waals surface area (Å²) in [5.74, 6) is 0.931. The van der Waals surface area contributed by atoms with Crippen LogP contribution in [0.15, 0.2) is 11.4 Å². The van der Waals surface area contributed by atoms with Crippen molar-refractivity contribution < 1.29 is 9.53 Å². The van der Waals surface area contributed by atoms with Crippen LogP contribution < -0.4 is 10.1 Å². The van der Waals surface area contributed by atoms with E-state index in [2.05, 4.69) is 17.2 Å². The third kappa shape index (κ3) is 2.96. The predicted octanol–water partition coefficient (Wildman–Crippen LogP) is 3.37. The molecule has 1 N–H and O–H groups in total. The Bertz CT molecular complexity index is 648. The Morgan fingerprint density at radius 3 is 3.24 bits per heavy atom. The molecule has 6 heteroatoms. The van der Waals surface area contributed by atoms with E-state index in [0.29, 0.717) is 23.1 Å². The Hall–Kier alpha value is -1.40. The standard InChI is InChI=1S/C15H18N2O2S2/c1-9-17-13-10(4-3-5-12(13)21-9)8-16-15(18)14-11(19-2)6-7-20-14/h6-7,10H,3-5,8H2,1-2H3,(H,16,18)/t10-/m1/s1. The summed E-state index contributed by atoms with van der Waals surface area (Å²) in [6, 6.07) is 1.82. The van der Waals surface area contributed by atoms with Gasteiger partial charge in [-0.15, -0.1) is 22.7 Å². The highest BCUT2D eigenvalue weighted by atomic mass is 32.1. The molecule has 0 aromatic carbocycles. The summed E-state index contributed by atoms with van der Waals surface area (Å²) in [5, 5.41) is 6.03. The predicted molar refractivity (Wildman–Crippen MR) is 85.7 cm³/mol. The number of aromatic nitrogens is 1. The van der Waals surface area contributed by atoms with E-state index in [0.717, 1.165) is 17.8 Å². The molecule has 0 bridgehead atoms. The molecule has 2 aromatic heterocycles. The summed E-state index contributed by atoms with van der Waals surface area (Å²) < 4.78 is 5.20. The Labute approximate surface area is 132 Å². The lowest BCUT2D eigenvalue weighted by Gasteiger charge is -2.21. The molecule has 2 heterocycles. The van der Waals surface area contributed by atoms with Gasteiger partial charge in [0.05, 0.1) is 17.8 Å². The molecule has 0 unspecified atom stereocenters.